The van der Waals surface area contributed by atoms with Crippen molar-refractivity contribution in [3.05, 3.63) is 41.5 Å². The van der Waals surface area contributed by atoms with Crippen molar-refractivity contribution in [2.24, 2.45) is 0 Å². The Hall–Kier alpha value is -1.41. The molecule has 0 unspecified atom stereocenters. The van der Waals surface area contributed by atoms with Crippen LogP contribution in [0.3, 0.4) is 0 Å². The molecule has 0 amide bonds. The molecule has 1 aromatic carbocycles. The number of nitrogens with zero attached hydrogens (tertiary/aromatic N) is 1. The number of hydrogen-bond donors (Lipinski definition) is 0. The summed E-state index contributed by atoms with van der Waals surface area (Å²) in [4.78, 5) is 13.4. The second-order valence-corrected chi connectivity index (χ2v) is 4.17. The lowest BCUT2D eigenvalue weighted by molar-refractivity contribution is -0.115. The van der Waals surface area contributed by atoms with Crippen LogP contribution >= 0.6 is 0 Å². The Morgan fingerprint density at radius 3 is 2.40 bits per heavy atom. The number of aryl methyl sites for hydroxylation is 1. The molecule has 0 aromatic heterocycles. The summed E-state index contributed by atoms with van der Waals surface area (Å²) in [7, 11) is 1.97. The smallest absolute Gasteiger partial charge is 0.169 e. The van der Waals surface area contributed by atoms with Gasteiger partial charge in [-0.1, -0.05) is 29.8 Å². The predicted octanol–water partition coefficient (Wildman–Crippen LogP) is 1.89. The largest absolute Gasteiger partial charge is 0.295 e. The van der Waals surface area contributed by atoms with Gasteiger partial charge in [0.25, 0.3) is 0 Å². The highest BCUT2D eigenvalue weighted by Crippen LogP contribution is 2.18. The zero-order valence-corrected chi connectivity index (χ0v) is 9.16. The van der Waals surface area contributed by atoms with E-state index in [1.54, 1.807) is 6.08 Å². The maximum atomic E-state index is 11.4. The van der Waals surface area contributed by atoms with Crippen molar-refractivity contribution in [1.82, 2.24) is 4.90 Å². The van der Waals surface area contributed by atoms with Crippen LogP contribution in [-0.2, 0) is 4.79 Å². The van der Waals surface area contributed by atoms with Crippen molar-refractivity contribution >= 4 is 11.4 Å². The maximum absolute atomic E-state index is 11.4. The van der Waals surface area contributed by atoms with Crippen molar-refractivity contribution < 1.29 is 4.79 Å². The molecule has 0 fully saturated rings. The third-order valence-corrected chi connectivity index (χ3v) is 2.62. The van der Waals surface area contributed by atoms with E-state index in [4.69, 9.17) is 0 Å². The Balaban J connectivity index is 2.30. The van der Waals surface area contributed by atoms with Gasteiger partial charge in [-0.05, 0) is 31.2 Å². The average molecular weight is 201 g/mol. The van der Waals surface area contributed by atoms with E-state index in [0.717, 1.165) is 17.7 Å². The molecule has 0 N–H and O–H groups in total. The van der Waals surface area contributed by atoms with E-state index in [-0.39, 0.29) is 5.78 Å². The van der Waals surface area contributed by atoms with Crippen LogP contribution in [0.2, 0.25) is 0 Å². The van der Waals surface area contributed by atoms with Crippen LogP contribution in [0.15, 0.2) is 30.3 Å². The molecule has 2 rings (SSSR count). The van der Waals surface area contributed by atoms with Crippen LogP contribution in [-0.4, -0.2) is 30.8 Å². The minimum atomic E-state index is 0.194. The van der Waals surface area contributed by atoms with Crippen LogP contribution < -0.4 is 0 Å². The number of benzene rings is 1. The van der Waals surface area contributed by atoms with Gasteiger partial charge < -0.3 is 0 Å². The second-order valence-electron chi connectivity index (χ2n) is 4.17. The third-order valence-electron chi connectivity index (χ3n) is 2.62. The first-order valence-corrected chi connectivity index (χ1v) is 5.14. The zero-order chi connectivity index (χ0) is 10.8. The number of ketones is 1. The molecule has 1 aliphatic heterocycles. The van der Waals surface area contributed by atoms with Gasteiger partial charge in [0.05, 0.1) is 6.54 Å². The van der Waals surface area contributed by atoms with Crippen molar-refractivity contribution in [2.45, 2.75) is 6.92 Å². The van der Waals surface area contributed by atoms with Gasteiger partial charge in [0, 0.05) is 6.54 Å². The second kappa shape index (κ2) is 3.99. The first kappa shape index (κ1) is 10.1. The van der Waals surface area contributed by atoms with Crippen LogP contribution in [0.1, 0.15) is 11.1 Å². The molecule has 0 spiro atoms. The fraction of sp³-hybridized carbons (Fsp3) is 0.308. The molecule has 0 bridgehead atoms. The summed E-state index contributed by atoms with van der Waals surface area (Å²) in [5, 5.41) is 0. The van der Waals surface area contributed by atoms with Gasteiger partial charge in [-0.3, -0.25) is 9.69 Å². The summed E-state index contributed by atoms with van der Waals surface area (Å²) in [6, 6.07) is 8.31. The summed E-state index contributed by atoms with van der Waals surface area (Å²) >= 11 is 0. The van der Waals surface area contributed by atoms with Gasteiger partial charge >= 0.3 is 0 Å². The Morgan fingerprint density at radius 2 is 1.80 bits per heavy atom. The lowest BCUT2D eigenvalue weighted by Gasteiger charge is -2.22. The minimum absolute atomic E-state index is 0.194. The molecule has 1 heterocycles. The maximum Gasteiger partial charge on any atom is 0.169 e. The van der Waals surface area contributed by atoms with Gasteiger partial charge in [-0.15, -0.1) is 0 Å². The molecule has 0 atom stereocenters. The lowest BCUT2D eigenvalue weighted by Crippen LogP contribution is -2.30. The van der Waals surface area contributed by atoms with E-state index in [0.29, 0.717) is 6.54 Å². The summed E-state index contributed by atoms with van der Waals surface area (Å²) in [6.07, 6.45) is 1.77. The first-order chi connectivity index (χ1) is 7.15. The van der Waals surface area contributed by atoms with Gasteiger partial charge in [-0.2, -0.15) is 0 Å². The first-order valence-electron chi connectivity index (χ1n) is 5.14. The van der Waals surface area contributed by atoms with Gasteiger partial charge in [0.1, 0.15) is 0 Å². The van der Waals surface area contributed by atoms with Gasteiger partial charge in [-0.25, -0.2) is 0 Å². The highest BCUT2D eigenvalue weighted by Gasteiger charge is 2.15. The van der Waals surface area contributed by atoms with Crippen LogP contribution in [0.5, 0.6) is 0 Å². The summed E-state index contributed by atoms with van der Waals surface area (Å²) in [5.74, 6) is 0.194. The van der Waals surface area contributed by atoms with Crippen molar-refractivity contribution in [1.29, 1.82) is 0 Å². The molecular formula is C13H15NO. The zero-order valence-electron chi connectivity index (χ0n) is 9.16. The van der Waals surface area contributed by atoms with E-state index in [1.165, 1.54) is 5.56 Å². The van der Waals surface area contributed by atoms with Crippen molar-refractivity contribution in [3.63, 3.8) is 0 Å². The predicted molar refractivity (Wildman–Crippen MR) is 61.7 cm³/mol. The number of hydrogen-bond acceptors (Lipinski definition) is 2. The average Bonchev–Trinajstić information content (AvgIpc) is 2.17. The number of carbonyl (C=O) groups is 1. The Labute approximate surface area is 90.2 Å². The molecule has 78 valence electrons. The van der Waals surface area contributed by atoms with Crippen molar-refractivity contribution in [2.75, 3.05) is 20.1 Å². The molecule has 15 heavy (non-hydrogen) atoms. The summed E-state index contributed by atoms with van der Waals surface area (Å²) in [5.41, 5.74) is 3.52. The molecule has 0 radical (unpaired) electrons. The molecule has 0 aliphatic carbocycles. The number of carbonyl (C=O) groups excluding carboxylic acids is 1. The Morgan fingerprint density at radius 1 is 1.13 bits per heavy atom. The highest BCUT2D eigenvalue weighted by molar-refractivity contribution is 6.00. The van der Waals surface area contributed by atoms with Crippen LogP contribution in [0, 0.1) is 6.92 Å². The molecule has 2 heteroatoms. The number of rotatable bonds is 1. The Bertz CT molecular complexity index is 403. The van der Waals surface area contributed by atoms with E-state index in [9.17, 15) is 4.79 Å². The SMILES string of the molecule is Cc1ccc(C2=CC(=O)CN(C)C2)cc1. The van der Waals surface area contributed by atoms with Crippen LogP contribution in [0.25, 0.3) is 5.57 Å². The quantitative estimate of drug-likeness (QED) is 0.691. The minimum Gasteiger partial charge on any atom is -0.295 e. The number of likely N-dealkylation sites (N-methyl/N-ethyl adjacent to an activating group) is 1. The third kappa shape index (κ3) is 2.34. The fourth-order valence-corrected chi connectivity index (χ4v) is 1.84. The van der Waals surface area contributed by atoms with E-state index < -0.39 is 0 Å². The summed E-state index contributed by atoms with van der Waals surface area (Å²) in [6.45, 7) is 3.46. The topological polar surface area (TPSA) is 20.3 Å². The normalized spacial score (nSPS) is 17.7. The van der Waals surface area contributed by atoms with Gasteiger partial charge in [0.2, 0.25) is 0 Å². The van der Waals surface area contributed by atoms with Gasteiger partial charge in [0.15, 0.2) is 5.78 Å². The van der Waals surface area contributed by atoms with E-state index in [1.807, 2.05) is 11.9 Å². The van der Waals surface area contributed by atoms with Crippen LogP contribution in [0.4, 0.5) is 0 Å². The standard InChI is InChI=1S/C13H15NO/c1-10-3-5-11(6-4-10)12-7-13(15)9-14(2)8-12/h3-7H,8-9H2,1-2H3. The molecule has 2 nitrogen and oxygen atoms in total. The molecular weight excluding hydrogens is 186 g/mol. The van der Waals surface area contributed by atoms with E-state index >= 15 is 0 Å². The van der Waals surface area contributed by atoms with E-state index in [2.05, 4.69) is 31.2 Å². The molecule has 0 saturated heterocycles. The summed E-state index contributed by atoms with van der Waals surface area (Å²) < 4.78 is 0. The van der Waals surface area contributed by atoms with Crippen molar-refractivity contribution in [3.8, 4) is 0 Å². The highest BCUT2D eigenvalue weighted by atomic mass is 16.1. The molecule has 1 aliphatic rings. The lowest BCUT2D eigenvalue weighted by atomic mass is 10.00. The Kier molecular flexibility index (Phi) is 2.69. The fourth-order valence-electron chi connectivity index (χ4n) is 1.84. The molecule has 1 aromatic rings. The molecule has 0 saturated carbocycles. The monoisotopic (exact) mass is 201 g/mol.